The van der Waals surface area contributed by atoms with E-state index in [1.165, 1.54) is 30.0 Å². The quantitative estimate of drug-likeness (QED) is 0.188. The van der Waals surface area contributed by atoms with Crippen LogP contribution in [0.1, 0.15) is 5.56 Å². The van der Waals surface area contributed by atoms with Crippen LogP contribution in [0.3, 0.4) is 0 Å². The number of carbonyl (C=O) groups excluding carboxylic acids is 2. The SMILES string of the molecule is O=C(Nc1ccc2c(c1)N(Cc1ccccc1)C(=O)CS2)Nc1c[nH]c2ccc(-c3cccc(OC(F)(F)F)c3)cc12. The molecule has 3 N–H and O–H groups in total. The minimum absolute atomic E-state index is 0.0111. The van der Waals surface area contributed by atoms with E-state index in [0.717, 1.165) is 21.7 Å². The molecule has 1 aliphatic rings. The number of halogens is 3. The van der Waals surface area contributed by atoms with Crippen LogP contribution in [0.2, 0.25) is 0 Å². The summed E-state index contributed by atoms with van der Waals surface area (Å²) >= 11 is 1.46. The van der Waals surface area contributed by atoms with Gasteiger partial charge in [0.15, 0.2) is 0 Å². The molecule has 6 rings (SSSR count). The van der Waals surface area contributed by atoms with Crippen LogP contribution in [0, 0.1) is 0 Å². The van der Waals surface area contributed by atoms with Gasteiger partial charge < -0.3 is 25.3 Å². The van der Waals surface area contributed by atoms with Crippen LogP contribution in [0.4, 0.5) is 35.0 Å². The first-order valence-corrected chi connectivity index (χ1v) is 13.9. The second kappa shape index (κ2) is 11.2. The maximum Gasteiger partial charge on any atom is 0.573 e. The van der Waals surface area contributed by atoms with Gasteiger partial charge in [0.25, 0.3) is 0 Å². The number of urea groups is 1. The minimum Gasteiger partial charge on any atom is -0.406 e. The van der Waals surface area contributed by atoms with Crippen molar-refractivity contribution in [1.29, 1.82) is 0 Å². The number of hydrogen-bond donors (Lipinski definition) is 3. The van der Waals surface area contributed by atoms with Gasteiger partial charge in [-0.1, -0.05) is 48.5 Å². The fraction of sp³-hybridized carbons (Fsp3) is 0.0968. The molecule has 0 saturated carbocycles. The molecule has 0 unspecified atom stereocenters. The van der Waals surface area contributed by atoms with Crippen LogP contribution in [0.5, 0.6) is 5.75 Å². The molecule has 0 spiro atoms. The van der Waals surface area contributed by atoms with Crippen molar-refractivity contribution in [2.24, 2.45) is 0 Å². The van der Waals surface area contributed by atoms with Crippen molar-refractivity contribution in [3.05, 3.63) is 103 Å². The Balaban J connectivity index is 1.20. The molecule has 42 heavy (non-hydrogen) atoms. The van der Waals surface area contributed by atoms with Gasteiger partial charge in [-0.2, -0.15) is 0 Å². The Kier molecular flexibility index (Phi) is 7.26. The van der Waals surface area contributed by atoms with Gasteiger partial charge in [-0.05, 0) is 59.2 Å². The summed E-state index contributed by atoms with van der Waals surface area (Å²) in [6.07, 6.45) is -3.15. The van der Waals surface area contributed by atoms with Gasteiger partial charge in [-0.25, -0.2) is 4.79 Å². The Hall–Kier alpha value is -4.90. The number of carbonyl (C=O) groups is 2. The smallest absolute Gasteiger partial charge is 0.406 e. The molecule has 2 heterocycles. The van der Waals surface area contributed by atoms with Crippen molar-refractivity contribution in [3.8, 4) is 16.9 Å². The van der Waals surface area contributed by atoms with Crippen LogP contribution < -0.4 is 20.3 Å². The molecule has 0 fully saturated rings. The standard InChI is InChI=1S/C31H23F3N4O3S/c32-31(33,34)41-23-8-4-7-20(13-23)21-9-11-25-24(14-21)26(16-35-25)37-30(40)36-22-10-12-28-27(15-22)38(29(39)18-42-28)17-19-5-2-1-3-6-19/h1-16,35H,17-18H2,(H2,36,37,40). The van der Waals surface area contributed by atoms with Crippen LogP contribution in [-0.2, 0) is 11.3 Å². The summed E-state index contributed by atoms with van der Waals surface area (Å²) in [5.41, 5.74) is 4.63. The lowest BCUT2D eigenvalue weighted by molar-refractivity contribution is -0.274. The summed E-state index contributed by atoms with van der Waals surface area (Å²) in [6.45, 7) is 0.422. The molecule has 0 radical (unpaired) electrons. The van der Waals surface area contributed by atoms with E-state index < -0.39 is 12.4 Å². The Morgan fingerprint density at radius 2 is 1.74 bits per heavy atom. The van der Waals surface area contributed by atoms with E-state index in [1.54, 1.807) is 47.5 Å². The van der Waals surface area contributed by atoms with E-state index >= 15 is 0 Å². The van der Waals surface area contributed by atoms with Gasteiger partial charge in [0, 0.05) is 27.7 Å². The number of alkyl halides is 3. The Morgan fingerprint density at radius 1 is 0.929 bits per heavy atom. The van der Waals surface area contributed by atoms with Gasteiger partial charge in [0.05, 0.1) is 23.7 Å². The highest BCUT2D eigenvalue weighted by atomic mass is 32.2. The molecule has 11 heteroatoms. The normalized spacial score (nSPS) is 13.1. The molecule has 3 amide bonds. The average molecular weight is 589 g/mol. The number of ether oxygens (including phenoxy) is 1. The van der Waals surface area contributed by atoms with Crippen molar-refractivity contribution in [1.82, 2.24) is 4.98 Å². The third-order valence-corrected chi connectivity index (χ3v) is 7.72. The summed E-state index contributed by atoms with van der Waals surface area (Å²) in [4.78, 5) is 31.6. The molecule has 0 atom stereocenters. The highest BCUT2D eigenvalue weighted by Gasteiger charge is 2.31. The number of hydrogen-bond acceptors (Lipinski definition) is 4. The van der Waals surface area contributed by atoms with E-state index in [4.69, 9.17) is 0 Å². The van der Waals surface area contributed by atoms with E-state index in [2.05, 4.69) is 20.4 Å². The Labute approximate surface area is 242 Å². The van der Waals surface area contributed by atoms with Crippen LogP contribution in [0.25, 0.3) is 22.0 Å². The van der Waals surface area contributed by atoms with Crippen molar-refractivity contribution >= 4 is 51.7 Å². The molecule has 7 nitrogen and oxygen atoms in total. The largest absolute Gasteiger partial charge is 0.573 e. The molecule has 5 aromatic rings. The zero-order valence-corrected chi connectivity index (χ0v) is 22.7. The van der Waals surface area contributed by atoms with Crippen molar-refractivity contribution < 1.29 is 27.5 Å². The number of rotatable bonds is 6. The lowest BCUT2D eigenvalue weighted by atomic mass is 10.0. The average Bonchev–Trinajstić information content (AvgIpc) is 3.36. The molecular formula is C31H23F3N4O3S. The Bertz CT molecular complexity index is 1790. The molecule has 1 aromatic heterocycles. The van der Waals surface area contributed by atoms with Gasteiger partial charge in [-0.3, -0.25) is 4.79 Å². The second-order valence-corrected chi connectivity index (χ2v) is 10.6. The maximum absolute atomic E-state index is 13.0. The fourth-order valence-electron chi connectivity index (χ4n) is 4.78. The number of H-pyrrole nitrogens is 1. The number of benzene rings is 4. The van der Waals surface area contributed by atoms with Gasteiger partial charge in [-0.15, -0.1) is 24.9 Å². The first kappa shape index (κ1) is 27.3. The summed E-state index contributed by atoms with van der Waals surface area (Å²) in [5.74, 6) is 0.0115. The molecule has 0 aliphatic carbocycles. The van der Waals surface area contributed by atoms with E-state index in [1.807, 2.05) is 36.4 Å². The van der Waals surface area contributed by atoms with E-state index in [0.29, 0.717) is 40.2 Å². The fourth-order valence-corrected chi connectivity index (χ4v) is 5.70. The zero-order valence-electron chi connectivity index (χ0n) is 21.9. The molecule has 0 bridgehead atoms. The number of anilines is 3. The lowest BCUT2D eigenvalue weighted by Gasteiger charge is -2.29. The molecular weight excluding hydrogens is 565 g/mol. The number of thioether (sulfide) groups is 1. The molecule has 1 aliphatic heterocycles. The van der Waals surface area contributed by atoms with Crippen molar-refractivity contribution in [2.45, 2.75) is 17.8 Å². The van der Waals surface area contributed by atoms with Gasteiger partial charge >= 0.3 is 12.4 Å². The van der Waals surface area contributed by atoms with Crippen LogP contribution in [0.15, 0.2) is 102 Å². The number of fused-ring (bicyclic) bond motifs is 2. The monoisotopic (exact) mass is 588 g/mol. The highest BCUT2D eigenvalue weighted by Crippen LogP contribution is 2.38. The van der Waals surface area contributed by atoms with Crippen LogP contribution in [-0.4, -0.2) is 29.0 Å². The third kappa shape index (κ3) is 6.06. The van der Waals surface area contributed by atoms with Gasteiger partial charge in [0.2, 0.25) is 5.91 Å². The number of nitrogens with zero attached hydrogens (tertiary/aromatic N) is 1. The maximum atomic E-state index is 13.0. The predicted octanol–water partition coefficient (Wildman–Crippen LogP) is 8.02. The molecule has 0 saturated heterocycles. The highest BCUT2D eigenvalue weighted by molar-refractivity contribution is 8.00. The Morgan fingerprint density at radius 3 is 2.55 bits per heavy atom. The topological polar surface area (TPSA) is 86.5 Å². The summed E-state index contributed by atoms with van der Waals surface area (Å²) in [5, 5.41) is 6.34. The van der Waals surface area contributed by atoms with Gasteiger partial charge in [0.1, 0.15) is 5.75 Å². The first-order chi connectivity index (χ1) is 20.2. The molecule has 4 aromatic carbocycles. The minimum atomic E-state index is -4.79. The number of amides is 3. The number of aromatic amines is 1. The summed E-state index contributed by atoms with van der Waals surface area (Å²) in [7, 11) is 0. The zero-order chi connectivity index (χ0) is 29.3. The van der Waals surface area contributed by atoms with E-state index in [-0.39, 0.29) is 11.7 Å². The number of nitrogens with one attached hydrogen (secondary N) is 3. The lowest BCUT2D eigenvalue weighted by Crippen LogP contribution is -2.34. The summed E-state index contributed by atoms with van der Waals surface area (Å²) in [6, 6.07) is 25.7. The molecule has 212 valence electrons. The third-order valence-electron chi connectivity index (χ3n) is 6.67. The first-order valence-electron chi connectivity index (χ1n) is 12.9. The van der Waals surface area contributed by atoms with Crippen molar-refractivity contribution in [3.63, 3.8) is 0 Å². The van der Waals surface area contributed by atoms with Crippen molar-refractivity contribution in [2.75, 3.05) is 21.3 Å². The van der Waals surface area contributed by atoms with E-state index in [9.17, 15) is 22.8 Å². The van der Waals surface area contributed by atoms with Crippen LogP contribution >= 0.6 is 11.8 Å². The number of aromatic nitrogens is 1. The summed E-state index contributed by atoms with van der Waals surface area (Å²) < 4.78 is 42.1. The second-order valence-electron chi connectivity index (χ2n) is 9.55. The predicted molar refractivity (Wildman–Crippen MR) is 158 cm³/mol.